The molecule has 5 heteroatoms. The number of hydrogen-bond acceptors (Lipinski definition) is 2. The first kappa shape index (κ1) is 16.0. The number of rotatable bonds is 4. The van der Waals surface area contributed by atoms with Crippen LogP contribution in [0, 0.1) is 11.8 Å². The van der Waals surface area contributed by atoms with Gasteiger partial charge in [0.2, 0.25) is 0 Å². The highest BCUT2D eigenvalue weighted by Crippen LogP contribution is 2.22. The molecule has 1 amide bonds. The highest BCUT2D eigenvalue weighted by molar-refractivity contribution is 6.32. The number of carbonyl (C=O) groups excluding carboxylic acids is 1. The van der Waals surface area contributed by atoms with E-state index in [2.05, 4.69) is 22.1 Å². The molecule has 2 aromatic carbocycles. The number of nitrogens with one attached hydrogen (secondary N) is 2. The highest BCUT2D eigenvalue weighted by Gasteiger charge is 2.07. The summed E-state index contributed by atoms with van der Waals surface area (Å²) in [5.41, 5.74) is 1.45. The fourth-order valence-electron chi connectivity index (χ4n) is 2.20. The number of benzene rings is 2. The fraction of sp³-hybridized carbons (Fsp3) is 0.105. The number of ether oxygens (including phenoxy) is 1. The fourth-order valence-corrected chi connectivity index (χ4v) is 2.39. The molecule has 3 aromatic rings. The lowest BCUT2D eigenvalue weighted by Gasteiger charge is -2.03. The quantitative estimate of drug-likeness (QED) is 0.714. The average Bonchev–Trinajstić information content (AvgIpc) is 3.03. The third kappa shape index (κ3) is 3.89. The van der Waals surface area contributed by atoms with Gasteiger partial charge in [0.15, 0.2) is 0 Å². The van der Waals surface area contributed by atoms with E-state index in [1.165, 1.54) is 0 Å². The van der Waals surface area contributed by atoms with E-state index in [0.29, 0.717) is 16.5 Å². The summed E-state index contributed by atoms with van der Waals surface area (Å²) in [6.45, 7) is 0.464. The summed E-state index contributed by atoms with van der Waals surface area (Å²) in [5.74, 6) is 6.09. The Hall–Kier alpha value is -2.90. The van der Waals surface area contributed by atoms with Crippen LogP contribution in [0.15, 0.2) is 54.6 Å². The van der Waals surface area contributed by atoms with Crippen molar-refractivity contribution in [3.8, 4) is 17.6 Å². The maximum absolute atomic E-state index is 12.1. The van der Waals surface area contributed by atoms with Crippen molar-refractivity contribution in [3.63, 3.8) is 0 Å². The summed E-state index contributed by atoms with van der Waals surface area (Å²) in [6, 6.07) is 16.8. The van der Waals surface area contributed by atoms with Gasteiger partial charge in [0.05, 0.1) is 11.6 Å². The Morgan fingerprint density at radius 2 is 1.92 bits per heavy atom. The molecule has 0 spiro atoms. The van der Waals surface area contributed by atoms with Crippen LogP contribution in [0.5, 0.6) is 5.75 Å². The lowest BCUT2D eigenvalue weighted by Crippen LogP contribution is -2.23. The molecular weight excluding hydrogens is 324 g/mol. The second-order valence-electron chi connectivity index (χ2n) is 5.03. The van der Waals surface area contributed by atoms with Crippen molar-refractivity contribution in [2.24, 2.45) is 0 Å². The summed E-state index contributed by atoms with van der Waals surface area (Å²) < 4.78 is 5.44. The minimum Gasteiger partial charge on any atom is -0.479 e. The standard InChI is InChI=1S/C19H15ClN2O2/c20-15-8-2-4-10-18(15)24-12-6-5-11-21-19(23)17-13-14-7-1-3-9-16(14)22-17/h1-4,7-10,13,22H,11-12H2,(H,21,23). The van der Waals surface area contributed by atoms with E-state index < -0.39 is 0 Å². The normalized spacial score (nSPS) is 10.0. The van der Waals surface area contributed by atoms with Gasteiger partial charge in [-0.15, -0.1) is 0 Å². The lowest BCUT2D eigenvalue weighted by atomic mass is 10.2. The van der Waals surface area contributed by atoms with E-state index in [9.17, 15) is 4.79 Å². The molecule has 0 radical (unpaired) electrons. The van der Waals surface area contributed by atoms with Crippen LogP contribution in [0.1, 0.15) is 10.5 Å². The van der Waals surface area contributed by atoms with Crippen molar-refractivity contribution < 1.29 is 9.53 Å². The molecule has 120 valence electrons. The van der Waals surface area contributed by atoms with Crippen molar-refractivity contribution >= 4 is 28.4 Å². The molecule has 0 bridgehead atoms. The Kier molecular flexibility index (Phi) is 5.05. The van der Waals surface area contributed by atoms with Gasteiger partial charge in [-0.3, -0.25) is 4.79 Å². The zero-order chi connectivity index (χ0) is 16.8. The van der Waals surface area contributed by atoms with Gasteiger partial charge in [0.1, 0.15) is 18.1 Å². The van der Waals surface area contributed by atoms with Crippen molar-refractivity contribution in [1.29, 1.82) is 0 Å². The molecule has 0 fully saturated rings. The predicted molar refractivity (Wildman–Crippen MR) is 95.4 cm³/mol. The van der Waals surface area contributed by atoms with Crippen LogP contribution in [0.25, 0.3) is 10.9 Å². The number of para-hydroxylation sites is 2. The number of amides is 1. The van der Waals surface area contributed by atoms with Gasteiger partial charge >= 0.3 is 0 Å². The molecule has 0 saturated carbocycles. The smallest absolute Gasteiger partial charge is 0.268 e. The van der Waals surface area contributed by atoms with Gasteiger partial charge in [-0.05, 0) is 24.3 Å². The second kappa shape index (κ2) is 7.58. The number of halogens is 1. The Balaban J connectivity index is 1.48. The van der Waals surface area contributed by atoms with Gasteiger partial charge in [-0.1, -0.05) is 53.8 Å². The van der Waals surface area contributed by atoms with Gasteiger partial charge in [-0.25, -0.2) is 0 Å². The van der Waals surface area contributed by atoms with Crippen LogP contribution in [-0.4, -0.2) is 24.0 Å². The van der Waals surface area contributed by atoms with E-state index in [4.69, 9.17) is 16.3 Å². The number of fused-ring (bicyclic) bond motifs is 1. The maximum Gasteiger partial charge on any atom is 0.268 e. The number of aromatic amines is 1. The third-order valence-corrected chi connectivity index (χ3v) is 3.69. The Bertz CT molecular complexity index is 889. The number of aromatic nitrogens is 1. The van der Waals surface area contributed by atoms with Gasteiger partial charge in [-0.2, -0.15) is 0 Å². The van der Waals surface area contributed by atoms with E-state index >= 15 is 0 Å². The monoisotopic (exact) mass is 338 g/mol. The summed E-state index contributed by atoms with van der Waals surface area (Å²) in [7, 11) is 0. The van der Waals surface area contributed by atoms with Crippen LogP contribution >= 0.6 is 11.6 Å². The SMILES string of the molecule is O=C(NCC#CCOc1ccccc1Cl)c1cc2ccccc2[nH]1. The van der Waals surface area contributed by atoms with Gasteiger partial charge in [0.25, 0.3) is 5.91 Å². The molecule has 1 aromatic heterocycles. The molecule has 0 aliphatic heterocycles. The predicted octanol–water partition coefficient (Wildman–Crippen LogP) is 3.63. The van der Waals surface area contributed by atoms with E-state index in [1.807, 2.05) is 42.5 Å². The first-order valence-corrected chi connectivity index (χ1v) is 7.81. The van der Waals surface area contributed by atoms with Crippen LogP contribution in [0.2, 0.25) is 5.02 Å². The van der Waals surface area contributed by atoms with Crippen molar-refractivity contribution in [2.75, 3.05) is 13.2 Å². The van der Waals surface area contributed by atoms with Gasteiger partial charge < -0.3 is 15.0 Å². The Labute approximate surface area is 144 Å². The third-order valence-electron chi connectivity index (χ3n) is 3.37. The highest BCUT2D eigenvalue weighted by atomic mass is 35.5. The zero-order valence-electron chi connectivity index (χ0n) is 12.8. The van der Waals surface area contributed by atoms with E-state index in [1.54, 1.807) is 12.1 Å². The van der Waals surface area contributed by atoms with Crippen LogP contribution < -0.4 is 10.1 Å². The minimum atomic E-state index is -0.187. The molecule has 0 aliphatic carbocycles. The van der Waals surface area contributed by atoms with Crippen LogP contribution in [0.3, 0.4) is 0 Å². The summed E-state index contributed by atoms with van der Waals surface area (Å²) in [5, 5.41) is 4.29. The van der Waals surface area contributed by atoms with Crippen molar-refractivity contribution in [2.45, 2.75) is 0 Å². The molecule has 2 N–H and O–H groups in total. The molecule has 0 atom stereocenters. The number of H-pyrrole nitrogens is 1. The zero-order valence-corrected chi connectivity index (χ0v) is 13.6. The Morgan fingerprint density at radius 1 is 1.12 bits per heavy atom. The summed E-state index contributed by atoms with van der Waals surface area (Å²) in [4.78, 5) is 15.1. The second-order valence-corrected chi connectivity index (χ2v) is 5.43. The maximum atomic E-state index is 12.1. The van der Waals surface area contributed by atoms with Crippen molar-refractivity contribution in [1.82, 2.24) is 10.3 Å². The molecular formula is C19H15ClN2O2. The largest absolute Gasteiger partial charge is 0.479 e. The first-order chi connectivity index (χ1) is 11.7. The number of hydrogen-bond donors (Lipinski definition) is 2. The molecule has 0 unspecified atom stereocenters. The topological polar surface area (TPSA) is 54.1 Å². The van der Waals surface area contributed by atoms with Crippen molar-refractivity contribution in [3.05, 3.63) is 65.3 Å². The van der Waals surface area contributed by atoms with E-state index in [-0.39, 0.29) is 19.1 Å². The van der Waals surface area contributed by atoms with Gasteiger partial charge in [0, 0.05) is 10.9 Å². The Morgan fingerprint density at radius 3 is 2.75 bits per heavy atom. The number of carbonyl (C=O) groups is 1. The van der Waals surface area contributed by atoms with Crippen LogP contribution in [0.4, 0.5) is 0 Å². The average molecular weight is 339 g/mol. The van der Waals surface area contributed by atoms with E-state index in [0.717, 1.165) is 10.9 Å². The lowest BCUT2D eigenvalue weighted by molar-refractivity contribution is 0.0954. The minimum absolute atomic E-state index is 0.187. The molecule has 0 aliphatic rings. The molecule has 3 rings (SSSR count). The molecule has 1 heterocycles. The molecule has 4 nitrogen and oxygen atoms in total. The molecule has 0 saturated heterocycles. The first-order valence-electron chi connectivity index (χ1n) is 7.43. The summed E-state index contributed by atoms with van der Waals surface area (Å²) in [6.07, 6.45) is 0. The van der Waals surface area contributed by atoms with Crippen LogP contribution in [-0.2, 0) is 0 Å². The molecule has 24 heavy (non-hydrogen) atoms. The summed E-state index contributed by atoms with van der Waals surface area (Å²) >= 11 is 5.97.